The van der Waals surface area contributed by atoms with Crippen molar-refractivity contribution in [2.24, 2.45) is 5.73 Å². The van der Waals surface area contributed by atoms with E-state index in [0.29, 0.717) is 5.52 Å². The van der Waals surface area contributed by atoms with Gasteiger partial charge in [-0.2, -0.15) is 0 Å². The van der Waals surface area contributed by atoms with Crippen molar-refractivity contribution in [1.29, 1.82) is 0 Å². The van der Waals surface area contributed by atoms with Gasteiger partial charge in [-0.1, -0.05) is 18.2 Å². The van der Waals surface area contributed by atoms with Crippen molar-refractivity contribution in [3.05, 3.63) is 30.5 Å². The van der Waals surface area contributed by atoms with Gasteiger partial charge in [0.2, 0.25) is 11.9 Å². The third-order valence-electron chi connectivity index (χ3n) is 3.25. The first kappa shape index (κ1) is 11.5. The second-order valence-electron chi connectivity index (χ2n) is 4.43. The number of rotatable bonds is 2. The first-order valence-corrected chi connectivity index (χ1v) is 5.90. The summed E-state index contributed by atoms with van der Waals surface area (Å²) in [6.45, 7) is 1.70. The van der Waals surface area contributed by atoms with Gasteiger partial charge in [0, 0.05) is 5.39 Å². The van der Waals surface area contributed by atoms with Crippen LogP contribution in [0.1, 0.15) is 13.0 Å². The minimum absolute atomic E-state index is 0.263. The number of nitrogens with two attached hydrogens (primary N) is 2. The Kier molecular flexibility index (Phi) is 2.38. The van der Waals surface area contributed by atoms with Gasteiger partial charge < -0.3 is 11.5 Å². The molecule has 1 atom stereocenters. The fraction of sp³-hybridized carbons (Fsp3) is 0.154. The molecular weight excluding hydrogens is 242 g/mol. The van der Waals surface area contributed by atoms with E-state index in [9.17, 15) is 4.79 Å². The molecule has 0 aliphatic heterocycles. The molecule has 0 bridgehead atoms. The Morgan fingerprint density at radius 3 is 2.79 bits per heavy atom. The fourth-order valence-corrected chi connectivity index (χ4v) is 2.26. The van der Waals surface area contributed by atoms with E-state index in [-0.39, 0.29) is 5.95 Å². The van der Waals surface area contributed by atoms with E-state index in [2.05, 4.69) is 9.97 Å². The molecule has 0 saturated carbocycles. The summed E-state index contributed by atoms with van der Waals surface area (Å²) >= 11 is 0. The number of benzene rings is 1. The summed E-state index contributed by atoms with van der Waals surface area (Å²) in [7, 11) is 0. The number of para-hydroxylation sites is 1. The van der Waals surface area contributed by atoms with Gasteiger partial charge in [0.15, 0.2) is 0 Å². The maximum absolute atomic E-state index is 11.4. The number of amides is 1. The van der Waals surface area contributed by atoms with Crippen molar-refractivity contribution in [1.82, 2.24) is 14.5 Å². The highest BCUT2D eigenvalue weighted by Gasteiger charge is 2.19. The van der Waals surface area contributed by atoms with Crippen molar-refractivity contribution in [2.45, 2.75) is 13.0 Å². The van der Waals surface area contributed by atoms with E-state index in [1.165, 1.54) is 0 Å². The molecule has 0 radical (unpaired) electrons. The molecule has 0 saturated heterocycles. The zero-order valence-electron chi connectivity index (χ0n) is 10.4. The summed E-state index contributed by atoms with van der Waals surface area (Å²) in [5.41, 5.74) is 13.5. The molecule has 2 aromatic heterocycles. The molecule has 6 nitrogen and oxygen atoms in total. The average molecular weight is 255 g/mol. The Balaban J connectivity index is 2.46. The number of fused-ring (bicyclic) bond motifs is 3. The molecule has 19 heavy (non-hydrogen) atoms. The minimum Gasteiger partial charge on any atom is -0.369 e. The number of pyridine rings is 1. The molecule has 1 unspecified atom stereocenters. The van der Waals surface area contributed by atoms with Gasteiger partial charge >= 0.3 is 0 Å². The van der Waals surface area contributed by atoms with Crippen LogP contribution in [0, 0.1) is 0 Å². The highest BCUT2D eigenvalue weighted by atomic mass is 16.1. The molecule has 0 aliphatic carbocycles. The molecular formula is C13H13N5O. The van der Waals surface area contributed by atoms with E-state index in [1.807, 2.05) is 24.3 Å². The number of imidazole rings is 1. The molecule has 1 aromatic carbocycles. The summed E-state index contributed by atoms with van der Waals surface area (Å²) in [6.07, 6.45) is 1.65. The lowest BCUT2D eigenvalue weighted by atomic mass is 10.2. The van der Waals surface area contributed by atoms with E-state index < -0.39 is 11.9 Å². The van der Waals surface area contributed by atoms with Crippen LogP contribution in [-0.2, 0) is 4.79 Å². The average Bonchev–Trinajstić information content (AvgIpc) is 2.74. The normalized spacial score (nSPS) is 12.9. The van der Waals surface area contributed by atoms with Gasteiger partial charge in [0.05, 0.1) is 17.2 Å². The van der Waals surface area contributed by atoms with Crippen LogP contribution in [0.4, 0.5) is 5.95 Å². The second-order valence-corrected chi connectivity index (χ2v) is 4.43. The summed E-state index contributed by atoms with van der Waals surface area (Å²) in [5.74, 6) is -0.189. The van der Waals surface area contributed by atoms with Crippen molar-refractivity contribution in [2.75, 3.05) is 5.73 Å². The number of primary amides is 1. The van der Waals surface area contributed by atoms with Gasteiger partial charge in [-0.05, 0) is 13.0 Å². The van der Waals surface area contributed by atoms with Crippen molar-refractivity contribution in [3.63, 3.8) is 0 Å². The van der Waals surface area contributed by atoms with E-state index in [1.54, 1.807) is 17.7 Å². The lowest BCUT2D eigenvalue weighted by Crippen LogP contribution is -2.25. The van der Waals surface area contributed by atoms with Crippen LogP contribution in [0.15, 0.2) is 30.5 Å². The van der Waals surface area contributed by atoms with E-state index >= 15 is 0 Å². The number of carbonyl (C=O) groups excluding carboxylic acids is 1. The molecule has 96 valence electrons. The Morgan fingerprint density at radius 2 is 2.05 bits per heavy atom. The molecule has 6 heteroatoms. The van der Waals surface area contributed by atoms with E-state index in [4.69, 9.17) is 11.5 Å². The molecule has 2 heterocycles. The number of nitrogen functional groups attached to an aromatic ring is 1. The Bertz CT molecular complexity index is 792. The first-order valence-electron chi connectivity index (χ1n) is 5.90. The zero-order chi connectivity index (χ0) is 13.6. The largest absolute Gasteiger partial charge is 0.369 e. The molecule has 0 aliphatic rings. The lowest BCUT2D eigenvalue weighted by molar-refractivity contribution is -0.120. The topological polar surface area (TPSA) is 99.8 Å². The van der Waals surface area contributed by atoms with E-state index in [0.717, 1.165) is 16.4 Å². The molecule has 3 aromatic rings. The SMILES string of the molecule is CC(C(N)=O)n1c(N)nc2cnc3ccccc3c21. The van der Waals surface area contributed by atoms with Crippen LogP contribution in [0.5, 0.6) is 0 Å². The van der Waals surface area contributed by atoms with Crippen LogP contribution < -0.4 is 11.5 Å². The Hall–Kier alpha value is -2.63. The third kappa shape index (κ3) is 1.61. The number of carbonyl (C=O) groups is 1. The molecule has 0 fully saturated rings. The van der Waals surface area contributed by atoms with Crippen LogP contribution in [0.3, 0.4) is 0 Å². The quantitative estimate of drug-likeness (QED) is 0.718. The minimum atomic E-state index is -0.559. The number of hydrogen-bond acceptors (Lipinski definition) is 4. The summed E-state index contributed by atoms with van der Waals surface area (Å²) < 4.78 is 1.65. The van der Waals surface area contributed by atoms with Crippen molar-refractivity contribution < 1.29 is 4.79 Å². The van der Waals surface area contributed by atoms with Gasteiger partial charge in [0.1, 0.15) is 11.6 Å². The number of hydrogen-bond donors (Lipinski definition) is 2. The molecule has 3 rings (SSSR count). The lowest BCUT2D eigenvalue weighted by Gasteiger charge is -2.13. The number of nitrogens with zero attached hydrogens (tertiary/aromatic N) is 3. The van der Waals surface area contributed by atoms with Gasteiger partial charge in [-0.3, -0.25) is 14.3 Å². The Morgan fingerprint density at radius 1 is 1.32 bits per heavy atom. The predicted molar refractivity (Wildman–Crippen MR) is 73.4 cm³/mol. The van der Waals surface area contributed by atoms with Crippen molar-refractivity contribution >= 4 is 33.8 Å². The second kappa shape index (κ2) is 3.94. The first-order chi connectivity index (χ1) is 9.09. The van der Waals surface area contributed by atoms with Gasteiger partial charge in [-0.25, -0.2) is 4.98 Å². The van der Waals surface area contributed by atoms with Crippen LogP contribution in [0.25, 0.3) is 21.9 Å². The molecule has 4 N–H and O–H groups in total. The highest BCUT2D eigenvalue weighted by molar-refractivity contribution is 6.03. The summed E-state index contributed by atoms with van der Waals surface area (Å²) in [5, 5.41) is 0.900. The number of aromatic nitrogens is 3. The molecule has 1 amide bonds. The smallest absolute Gasteiger partial charge is 0.240 e. The highest BCUT2D eigenvalue weighted by Crippen LogP contribution is 2.28. The van der Waals surface area contributed by atoms with Crippen LogP contribution in [-0.4, -0.2) is 20.4 Å². The van der Waals surface area contributed by atoms with Crippen LogP contribution >= 0.6 is 0 Å². The summed E-state index contributed by atoms with van der Waals surface area (Å²) in [4.78, 5) is 20.0. The Labute approximate surface area is 109 Å². The fourth-order valence-electron chi connectivity index (χ4n) is 2.26. The molecule has 0 spiro atoms. The van der Waals surface area contributed by atoms with Gasteiger partial charge in [-0.15, -0.1) is 0 Å². The standard InChI is InChI=1S/C13H13N5O/c1-7(12(14)19)18-11-8-4-2-3-5-9(8)16-6-10(11)17-13(18)15/h2-7H,1H3,(H2,14,19)(H2,15,17). The zero-order valence-corrected chi connectivity index (χ0v) is 10.4. The van der Waals surface area contributed by atoms with Crippen molar-refractivity contribution in [3.8, 4) is 0 Å². The monoisotopic (exact) mass is 255 g/mol. The maximum atomic E-state index is 11.4. The van der Waals surface area contributed by atoms with Gasteiger partial charge in [0.25, 0.3) is 0 Å². The maximum Gasteiger partial charge on any atom is 0.240 e. The third-order valence-corrected chi connectivity index (χ3v) is 3.25. The number of anilines is 1. The summed E-state index contributed by atoms with van der Waals surface area (Å²) in [6, 6.07) is 7.08. The van der Waals surface area contributed by atoms with Crippen LogP contribution in [0.2, 0.25) is 0 Å². The predicted octanol–water partition coefficient (Wildman–Crippen LogP) is 1.21.